The van der Waals surface area contributed by atoms with Crippen LogP contribution in [-0.2, 0) is 9.47 Å². The molecule has 20 heavy (non-hydrogen) atoms. The monoisotopic (exact) mass is 287 g/mol. The largest absolute Gasteiger partial charge is 0.382 e. The molecule has 5 nitrogen and oxygen atoms in total. The molecule has 0 spiro atoms. The average Bonchev–Trinajstić information content (AvgIpc) is 2.47. The van der Waals surface area contributed by atoms with Gasteiger partial charge in [0.15, 0.2) is 5.96 Å². The van der Waals surface area contributed by atoms with Crippen LogP contribution < -0.4 is 10.6 Å². The first-order valence-corrected chi connectivity index (χ1v) is 7.95. The van der Waals surface area contributed by atoms with Crippen LogP contribution in [0.2, 0.25) is 0 Å². The lowest BCUT2D eigenvalue weighted by Crippen LogP contribution is -2.38. The van der Waals surface area contributed by atoms with Gasteiger partial charge in [-0.25, -0.2) is 0 Å². The van der Waals surface area contributed by atoms with Gasteiger partial charge in [0.2, 0.25) is 0 Å². The van der Waals surface area contributed by atoms with Crippen molar-refractivity contribution in [1.82, 2.24) is 10.6 Å². The van der Waals surface area contributed by atoms with E-state index in [2.05, 4.69) is 22.5 Å². The molecule has 0 aromatic heterocycles. The van der Waals surface area contributed by atoms with E-state index in [1.807, 2.05) is 6.92 Å². The lowest BCUT2D eigenvalue weighted by Gasteiger charge is -2.11. The van der Waals surface area contributed by atoms with Crippen molar-refractivity contribution < 1.29 is 9.47 Å². The Kier molecular flexibility index (Phi) is 15.6. The summed E-state index contributed by atoms with van der Waals surface area (Å²) in [6.45, 7) is 9.37. The van der Waals surface area contributed by atoms with Gasteiger partial charge in [-0.1, -0.05) is 13.3 Å². The van der Waals surface area contributed by atoms with Gasteiger partial charge >= 0.3 is 0 Å². The Morgan fingerprint density at radius 1 is 0.850 bits per heavy atom. The van der Waals surface area contributed by atoms with Crippen molar-refractivity contribution >= 4 is 5.96 Å². The third kappa shape index (κ3) is 13.6. The molecule has 0 bridgehead atoms. The molecule has 0 aliphatic carbocycles. The minimum atomic E-state index is 0.803. The van der Waals surface area contributed by atoms with Gasteiger partial charge < -0.3 is 20.1 Å². The number of hydrogen-bond acceptors (Lipinski definition) is 3. The smallest absolute Gasteiger partial charge is 0.190 e. The van der Waals surface area contributed by atoms with Gasteiger partial charge in [-0.2, -0.15) is 0 Å². The molecule has 0 fully saturated rings. The highest BCUT2D eigenvalue weighted by atomic mass is 16.5. The van der Waals surface area contributed by atoms with Gasteiger partial charge in [-0.3, -0.25) is 4.99 Å². The van der Waals surface area contributed by atoms with Gasteiger partial charge in [0, 0.05) is 46.6 Å². The van der Waals surface area contributed by atoms with Gasteiger partial charge in [0.05, 0.1) is 0 Å². The van der Waals surface area contributed by atoms with Crippen LogP contribution in [0.1, 0.15) is 46.0 Å². The number of rotatable bonds is 13. The minimum absolute atomic E-state index is 0.803. The van der Waals surface area contributed by atoms with Crippen LogP contribution in [0.3, 0.4) is 0 Å². The van der Waals surface area contributed by atoms with Crippen molar-refractivity contribution in [1.29, 1.82) is 0 Å². The molecular formula is C15H33N3O2. The molecule has 0 saturated carbocycles. The molecule has 0 amide bonds. The maximum absolute atomic E-state index is 5.51. The second-order valence-corrected chi connectivity index (χ2v) is 4.65. The summed E-state index contributed by atoms with van der Waals surface area (Å²) in [6, 6.07) is 0. The first-order valence-electron chi connectivity index (χ1n) is 7.95. The molecule has 0 heterocycles. The molecule has 0 aromatic rings. The normalized spacial score (nSPS) is 11.7. The van der Waals surface area contributed by atoms with E-state index in [0.717, 1.165) is 71.2 Å². The summed E-state index contributed by atoms with van der Waals surface area (Å²) in [4.78, 5) is 4.19. The standard InChI is InChI=1S/C15H33N3O2/c1-4-6-12-20-14-9-11-18-15(16-3)17-10-7-8-13-19-5-2/h4-14H2,1-3H3,(H2,16,17,18). The van der Waals surface area contributed by atoms with Crippen LogP contribution in [0, 0.1) is 0 Å². The molecule has 0 atom stereocenters. The summed E-state index contributed by atoms with van der Waals surface area (Å²) in [7, 11) is 1.80. The number of ether oxygens (including phenoxy) is 2. The maximum atomic E-state index is 5.51. The zero-order valence-corrected chi connectivity index (χ0v) is 13.5. The highest BCUT2D eigenvalue weighted by Gasteiger charge is 1.96. The maximum Gasteiger partial charge on any atom is 0.190 e. The van der Waals surface area contributed by atoms with E-state index in [0.29, 0.717) is 0 Å². The quantitative estimate of drug-likeness (QED) is 0.310. The summed E-state index contributed by atoms with van der Waals surface area (Å²) >= 11 is 0. The van der Waals surface area contributed by atoms with Crippen molar-refractivity contribution in [3.05, 3.63) is 0 Å². The summed E-state index contributed by atoms with van der Waals surface area (Å²) in [6.07, 6.45) is 5.54. The summed E-state index contributed by atoms with van der Waals surface area (Å²) in [5.41, 5.74) is 0. The van der Waals surface area contributed by atoms with E-state index in [1.54, 1.807) is 7.05 Å². The first-order chi connectivity index (χ1) is 9.85. The number of nitrogens with one attached hydrogen (secondary N) is 2. The predicted molar refractivity (Wildman–Crippen MR) is 85.4 cm³/mol. The van der Waals surface area contributed by atoms with Gasteiger partial charge in [-0.05, 0) is 32.6 Å². The van der Waals surface area contributed by atoms with E-state index >= 15 is 0 Å². The van der Waals surface area contributed by atoms with Gasteiger partial charge in [-0.15, -0.1) is 0 Å². The SMILES string of the molecule is CCCCOCCCNC(=NC)NCCCCOCC. The summed E-state index contributed by atoms with van der Waals surface area (Å²) in [5.74, 6) is 0.870. The lowest BCUT2D eigenvalue weighted by atomic mass is 10.3. The van der Waals surface area contributed by atoms with Gasteiger partial charge in [0.25, 0.3) is 0 Å². The number of aliphatic imine (C=N–C) groups is 1. The molecule has 0 aromatic carbocycles. The zero-order valence-electron chi connectivity index (χ0n) is 13.5. The molecule has 0 unspecified atom stereocenters. The van der Waals surface area contributed by atoms with Crippen LogP contribution in [0.5, 0.6) is 0 Å². The number of nitrogens with zero attached hydrogens (tertiary/aromatic N) is 1. The van der Waals surface area contributed by atoms with Gasteiger partial charge in [0.1, 0.15) is 0 Å². The van der Waals surface area contributed by atoms with Crippen LogP contribution in [0.25, 0.3) is 0 Å². The fourth-order valence-electron chi connectivity index (χ4n) is 1.63. The molecule has 0 rings (SSSR count). The Hall–Kier alpha value is -0.810. The van der Waals surface area contributed by atoms with Crippen molar-refractivity contribution in [2.75, 3.05) is 46.6 Å². The minimum Gasteiger partial charge on any atom is -0.382 e. The van der Waals surface area contributed by atoms with E-state index < -0.39 is 0 Å². The highest BCUT2D eigenvalue weighted by molar-refractivity contribution is 5.79. The molecule has 0 radical (unpaired) electrons. The lowest BCUT2D eigenvalue weighted by molar-refractivity contribution is 0.129. The number of unbranched alkanes of at least 4 members (excludes halogenated alkanes) is 2. The fraction of sp³-hybridized carbons (Fsp3) is 0.933. The highest BCUT2D eigenvalue weighted by Crippen LogP contribution is 1.90. The van der Waals surface area contributed by atoms with Crippen molar-refractivity contribution in [2.45, 2.75) is 46.0 Å². The Labute approximate surface area is 124 Å². The third-order valence-electron chi connectivity index (χ3n) is 2.84. The van der Waals surface area contributed by atoms with E-state index in [-0.39, 0.29) is 0 Å². The molecule has 120 valence electrons. The van der Waals surface area contributed by atoms with Crippen molar-refractivity contribution in [2.24, 2.45) is 4.99 Å². The van der Waals surface area contributed by atoms with Crippen LogP contribution >= 0.6 is 0 Å². The Bertz CT molecular complexity index is 223. The first kappa shape index (κ1) is 19.2. The van der Waals surface area contributed by atoms with Crippen LogP contribution in [0.15, 0.2) is 4.99 Å². The van der Waals surface area contributed by atoms with Crippen molar-refractivity contribution in [3.63, 3.8) is 0 Å². The third-order valence-corrected chi connectivity index (χ3v) is 2.84. The Balaban J connectivity index is 3.35. The molecule has 2 N–H and O–H groups in total. The predicted octanol–water partition coefficient (Wildman–Crippen LogP) is 2.17. The Morgan fingerprint density at radius 2 is 1.50 bits per heavy atom. The molecule has 0 saturated heterocycles. The Morgan fingerprint density at radius 3 is 2.15 bits per heavy atom. The van der Waals surface area contributed by atoms with E-state index in [9.17, 15) is 0 Å². The molecular weight excluding hydrogens is 254 g/mol. The fourth-order valence-corrected chi connectivity index (χ4v) is 1.63. The summed E-state index contributed by atoms with van der Waals surface area (Å²) in [5, 5.41) is 6.59. The molecule has 0 aliphatic heterocycles. The van der Waals surface area contributed by atoms with E-state index in [4.69, 9.17) is 9.47 Å². The average molecular weight is 287 g/mol. The second kappa shape index (κ2) is 16.2. The number of hydrogen-bond donors (Lipinski definition) is 2. The number of guanidine groups is 1. The second-order valence-electron chi connectivity index (χ2n) is 4.65. The summed E-state index contributed by atoms with van der Waals surface area (Å²) < 4.78 is 10.8. The van der Waals surface area contributed by atoms with Crippen molar-refractivity contribution in [3.8, 4) is 0 Å². The zero-order chi connectivity index (χ0) is 14.9. The topological polar surface area (TPSA) is 54.9 Å². The van der Waals surface area contributed by atoms with Crippen LogP contribution in [0.4, 0.5) is 0 Å². The molecule has 0 aliphatic rings. The van der Waals surface area contributed by atoms with Crippen LogP contribution in [-0.4, -0.2) is 52.5 Å². The molecule has 5 heteroatoms. The van der Waals surface area contributed by atoms with E-state index in [1.165, 1.54) is 6.42 Å².